The molecule has 2 nitrogen and oxygen atoms in total. The van der Waals surface area contributed by atoms with Crippen LogP contribution in [0.3, 0.4) is 0 Å². The van der Waals surface area contributed by atoms with E-state index in [0.717, 1.165) is 11.3 Å². The number of fused-ring (bicyclic) bond motifs is 1. The van der Waals surface area contributed by atoms with Gasteiger partial charge in [-0.25, -0.2) is 4.98 Å². The molecule has 18 heavy (non-hydrogen) atoms. The summed E-state index contributed by atoms with van der Waals surface area (Å²) >= 11 is 6.31. The highest BCUT2D eigenvalue weighted by molar-refractivity contribution is 6.20. The average Bonchev–Trinajstić information content (AvgIpc) is 2.73. The zero-order valence-corrected chi connectivity index (χ0v) is 12.1. The van der Waals surface area contributed by atoms with Crippen molar-refractivity contribution in [2.45, 2.75) is 45.5 Å². The Morgan fingerprint density at radius 1 is 1.44 bits per heavy atom. The monoisotopic (exact) mass is 262 g/mol. The predicted molar refractivity (Wildman–Crippen MR) is 76.2 cm³/mol. The van der Waals surface area contributed by atoms with Gasteiger partial charge in [-0.3, -0.25) is 0 Å². The van der Waals surface area contributed by atoms with Gasteiger partial charge in [0, 0.05) is 6.04 Å². The second kappa shape index (κ2) is 3.74. The minimum Gasteiger partial charge on any atom is -0.323 e. The molecule has 2 aromatic rings. The molecule has 1 fully saturated rings. The zero-order chi connectivity index (χ0) is 13.1. The van der Waals surface area contributed by atoms with Crippen molar-refractivity contribution in [1.29, 1.82) is 0 Å². The molecular formula is C15H19ClN2. The van der Waals surface area contributed by atoms with Crippen LogP contribution in [0.25, 0.3) is 11.0 Å². The summed E-state index contributed by atoms with van der Waals surface area (Å²) in [7, 11) is 0. The molecule has 96 valence electrons. The molecule has 1 aliphatic carbocycles. The van der Waals surface area contributed by atoms with E-state index in [2.05, 4.69) is 43.5 Å². The maximum atomic E-state index is 6.31. The van der Waals surface area contributed by atoms with E-state index < -0.39 is 0 Å². The van der Waals surface area contributed by atoms with E-state index in [-0.39, 0.29) is 5.38 Å². The van der Waals surface area contributed by atoms with Crippen LogP contribution in [0.4, 0.5) is 0 Å². The third-order valence-corrected chi connectivity index (χ3v) is 4.27. The van der Waals surface area contributed by atoms with Crippen LogP contribution in [0.1, 0.15) is 50.0 Å². The molecule has 2 atom stereocenters. The fourth-order valence-electron chi connectivity index (χ4n) is 2.76. The third kappa shape index (κ3) is 1.66. The van der Waals surface area contributed by atoms with E-state index in [1.165, 1.54) is 17.5 Å². The summed E-state index contributed by atoms with van der Waals surface area (Å²) in [4.78, 5) is 4.77. The lowest BCUT2D eigenvalue weighted by Crippen LogP contribution is -2.06. The number of halogens is 1. The first-order valence-electron chi connectivity index (χ1n) is 6.53. The molecular weight excluding hydrogens is 244 g/mol. The van der Waals surface area contributed by atoms with Gasteiger partial charge < -0.3 is 4.57 Å². The lowest BCUT2D eigenvalue weighted by atomic mass is 10.1. The van der Waals surface area contributed by atoms with E-state index >= 15 is 0 Å². The average molecular weight is 263 g/mol. The van der Waals surface area contributed by atoms with Gasteiger partial charge in [0.15, 0.2) is 0 Å². The number of hydrogen-bond acceptors (Lipinski definition) is 1. The number of aryl methyl sites for hydroxylation is 1. The Morgan fingerprint density at radius 2 is 2.11 bits per heavy atom. The van der Waals surface area contributed by atoms with E-state index in [4.69, 9.17) is 16.6 Å². The van der Waals surface area contributed by atoms with Gasteiger partial charge in [0.1, 0.15) is 5.82 Å². The lowest BCUT2D eigenvalue weighted by Gasteiger charge is -2.12. The number of imidazole rings is 1. The summed E-state index contributed by atoms with van der Waals surface area (Å²) < 4.78 is 2.36. The Balaban J connectivity index is 2.27. The minimum absolute atomic E-state index is 0.0480. The van der Waals surface area contributed by atoms with Gasteiger partial charge in [0.25, 0.3) is 0 Å². The van der Waals surface area contributed by atoms with Gasteiger partial charge in [-0.05, 0) is 37.3 Å². The first-order valence-corrected chi connectivity index (χ1v) is 6.97. The Morgan fingerprint density at radius 3 is 2.67 bits per heavy atom. The highest BCUT2D eigenvalue weighted by Gasteiger charge is 2.48. The van der Waals surface area contributed by atoms with Crippen molar-refractivity contribution < 1.29 is 0 Å². The second-order valence-electron chi connectivity index (χ2n) is 6.11. The van der Waals surface area contributed by atoms with Gasteiger partial charge in [-0.15, -0.1) is 11.6 Å². The van der Waals surface area contributed by atoms with Crippen LogP contribution in [0.15, 0.2) is 18.2 Å². The number of rotatable bonds is 2. The summed E-state index contributed by atoms with van der Waals surface area (Å²) in [6.07, 6.45) is 1.21. The van der Waals surface area contributed by atoms with Gasteiger partial charge in [-0.1, -0.05) is 26.0 Å². The molecule has 1 aromatic heterocycles. The van der Waals surface area contributed by atoms with Crippen LogP contribution < -0.4 is 0 Å². The smallest absolute Gasteiger partial charge is 0.128 e. The molecule has 2 unspecified atom stereocenters. The SMILES string of the molecule is Cc1cccc2c1nc(C(C)Cl)n2C1CC1(C)C. The fourth-order valence-corrected chi connectivity index (χ4v) is 2.92. The van der Waals surface area contributed by atoms with Crippen molar-refractivity contribution >= 4 is 22.6 Å². The summed E-state index contributed by atoms with van der Waals surface area (Å²) in [6.45, 7) is 8.73. The fraction of sp³-hybridized carbons (Fsp3) is 0.533. The summed E-state index contributed by atoms with van der Waals surface area (Å²) in [5, 5.41) is -0.0480. The van der Waals surface area contributed by atoms with Crippen LogP contribution in [-0.4, -0.2) is 9.55 Å². The van der Waals surface area contributed by atoms with Gasteiger partial charge in [0.2, 0.25) is 0 Å². The standard InChI is InChI=1S/C15H19ClN2/c1-9-6-5-7-11-13(9)17-14(10(2)16)18(11)12-8-15(12,3)4/h5-7,10,12H,8H2,1-4H3. The first kappa shape index (κ1) is 12.0. The first-order chi connectivity index (χ1) is 8.42. The Labute approximate surface area is 113 Å². The molecule has 1 aromatic carbocycles. The number of nitrogens with zero attached hydrogens (tertiary/aromatic N) is 2. The lowest BCUT2D eigenvalue weighted by molar-refractivity contribution is 0.535. The van der Waals surface area contributed by atoms with Gasteiger partial charge in [0.05, 0.1) is 16.4 Å². The summed E-state index contributed by atoms with van der Waals surface area (Å²) in [6, 6.07) is 6.92. The van der Waals surface area contributed by atoms with Crippen LogP contribution >= 0.6 is 11.6 Å². The molecule has 0 saturated heterocycles. The zero-order valence-electron chi connectivity index (χ0n) is 11.4. The van der Waals surface area contributed by atoms with Crippen LogP contribution in [0.5, 0.6) is 0 Å². The number of para-hydroxylation sites is 1. The van der Waals surface area contributed by atoms with E-state index in [1.54, 1.807) is 0 Å². The maximum absolute atomic E-state index is 6.31. The van der Waals surface area contributed by atoms with Crippen molar-refractivity contribution in [2.24, 2.45) is 5.41 Å². The van der Waals surface area contributed by atoms with Crippen molar-refractivity contribution in [3.63, 3.8) is 0 Å². The molecule has 0 spiro atoms. The van der Waals surface area contributed by atoms with Gasteiger partial charge >= 0.3 is 0 Å². The molecule has 1 saturated carbocycles. The number of hydrogen-bond donors (Lipinski definition) is 0. The third-order valence-electron chi connectivity index (χ3n) is 4.08. The number of benzene rings is 1. The van der Waals surface area contributed by atoms with Crippen molar-refractivity contribution in [2.75, 3.05) is 0 Å². The topological polar surface area (TPSA) is 17.8 Å². The molecule has 0 radical (unpaired) electrons. The van der Waals surface area contributed by atoms with Crippen LogP contribution in [0.2, 0.25) is 0 Å². The molecule has 0 aliphatic heterocycles. The largest absolute Gasteiger partial charge is 0.323 e. The highest BCUT2D eigenvalue weighted by atomic mass is 35.5. The molecule has 1 heterocycles. The quantitative estimate of drug-likeness (QED) is 0.723. The Bertz CT molecular complexity index is 610. The maximum Gasteiger partial charge on any atom is 0.128 e. The molecule has 0 amide bonds. The highest BCUT2D eigenvalue weighted by Crippen LogP contribution is 2.57. The van der Waals surface area contributed by atoms with Crippen molar-refractivity contribution in [1.82, 2.24) is 9.55 Å². The van der Waals surface area contributed by atoms with Crippen molar-refractivity contribution in [3.8, 4) is 0 Å². The Kier molecular flexibility index (Phi) is 2.50. The molecule has 3 heteroatoms. The van der Waals surface area contributed by atoms with Crippen LogP contribution in [0, 0.1) is 12.3 Å². The van der Waals surface area contributed by atoms with E-state index in [9.17, 15) is 0 Å². The Hall–Kier alpha value is -1.02. The van der Waals surface area contributed by atoms with E-state index in [1.807, 2.05) is 6.92 Å². The molecule has 3 rings (SSSR count). The summed E-state index contributed by atoms with van der Waals surface area (Å²) in [5.41, 5.74) is 3.93. The predicted octanol–water partition coefficient (Wildman–Crippen LogP) is 4.62. The van der Waals surface area contributed by atoms with Crippen molar-refractivity contribution in [3.05, 3.63) is 29.6 Å². The molecule has 1 aliphatic rings. The summed E-state index contributed by atoms with van der Waals surface area (Å²) in [5.74, 6) is 1.01. The van der Waals surface area contributed by atoms with Crippen LogP contribution in [-0.2, 0) is 0 Å². The minimum atomic E-state index is -0.0480. The molecule has 0 N–H and O–H groups in total. The molecule has 0 bridgehead atoms. The van der Waals surface area contributed by atoms with E-state index in [0.29, 0.717) is 11.5 Å². The number of alkyl halides is 1. The number of aromatic nitrogens is 2. The normalized spacial score (nSPS) is 23.3. The second-order valence-corrected chi connectivity index (χ2v) is 6.76. The van der Waals surface area contributed by atoms with Gasteiger partial charge in [-0.2, -0.15) is 0 Å².